The molecule has 0 saturated carbocycles. The van der Waals surface area contributed by atoms with Crippen LogP contribution in [0.1, 0.15) is 30.3 Å². The van der Waals surface area contributed by atoms with Gasteiger partial charge in [-0.2, -0.15) is 0 Å². The molecule has 1 heterocycles. The van der Waals surface area contributed by atoms with E-state index in [-0.39, 0.29) is 12.0 Å². The Hall–Kier alpha value is -1.29. The maximum atomic E-state index is 11.4. The smallest absolute Gasteiger partial charge is 0.267 e. The van der Waals surface area contributed by atoms with Crippen molar-refractivity contribution in [2.75, 3.05) is 6.54 Å². The summed E-state index contributed by atoms with van der Waals surface area (Å²) in [5.41, 5.74) is 0.552. The molecule has 4 heteroatoms. The summed E-state index contributed by atoms with van der Waals surface area (Å²) in [7, 11) is 0. The first kappa shape index (κ1) is 10.8. The molecule has 0 aliphatic carbocycles. The van der Waals surface area contributed by atoms with Crippen LogP contribution < -0.4 is 5.32 Å². The van der Waals surface area contributed by atoms with Crippen molar-refractivity contribution in [1.82, 2.24) is 10.3 Å². The van der Waals surface area contributed by atoms with Crippen LogP contribution in [0.25, 0.3) is 0 Å². The molecule has 78 valence electrons. The number of aromatic amines is 1. The standard InChI is InChI=1S/C10H16N2O2/c1-2-8(13)5-7-12-10(14)9-4-3-6-11-9/h3-4,6,8,11,13H,2,5,7H2,1H3,(H,12,14). The van der Waals surface area contributed by atoms with Crippen LogP contribution in [0, 0.1) is 0 Å². The third-order valence-electron chi connectivity index (χ3n) is 2.08. The van der Waals surface area contributed by atoms with E-state index in [1.165, 1.54) is 0 Å². The number of carbonyl (C=O) groups is 1. The zero-order valence-electron chi connectivity index (χ0n) is 8.29. The third-order valence-corrected chi connectivity index (χ3v) is 2.08. The Balaban J connectivity index is 2.23. The quantitative estimate of drug-likeness (QED) is 0.655. The average Bonchev–Trinajstić information content (AvgIpc) is 2.70. The third kappa shape index (κ3) is 3.22. The minimum absolute atomic E-state index is 0.127. The number of aliphatic hydroxyl groups is 1. The minimum Gasteiger partial charge on any atom is -0.393 e. The minimum atomic E-state index is -0.320. The van der Waals surface area contributed by atoms with E-state index in [4.69, 9.17) is 0 Å². The van der Waals surface area contributed by atoms with Crippen molar-refractivity contribution in [3.05, 3.63) is 24.0 Å². The summed E-state index contributed by atoms with van der Waals surface area (Å²) in [5, 5.41) is 12.0. The molecule has 1 aromatic heterocycles. The highest BCUT2D eigenvalue weighted by Crippen LogP contribution is 1.96. The van der Waals surface area contributed by atoms with Gasteiger partial charge in [-0.3, -0.25) is 4.79 Å². The summed E-state index contributed by atoms with van der Waals surface area (Å²) in [6.45, 7) is 2.42. The summed E-state index contributed by atoms with van der Waals surface area (Å²) in [6, 6.07) is 3.49. The highest BCUT2D eigenvalue weighted by Gasteiger charge is 2.05. The second-order valence-corrected chi connectivity index (χ2v) is 3.19. The lowest BCUT2D eigenvalue weighted by Crippen LogP contribution is -2.27. The van der Waals surface area contributed by atoms with Gasteiger partial charge >= 0.3 is 0 Å². The molecule has 0 aromatic carbocycles. The van der Waals surface area contributed by atoms with Crippen molar-refractivity contribution < 1.29 is 9.90 Å². The number of amides is 1. The monoisotopic (exact) mass is 196 g/mol. The summed E-state index contributed by atoms with van der Waals surface area (Å²) in [5.74, 6) is -0.127. The Morgan fingerprint density at radius 3 is 3.07 bits per heavy atom. The van der Waals surface area contributed by atoms with E-state index in [1.807, 2.05) is 6.92 Å². The molecular formula is C10H16N2O2. The Morgan fingerprint density at radius 1 is 1.71 bits per heavy atom. The first-order valence-electron chi connectivity index (χ1n) is 4.83. The van der Waals surface area contributed by atoms with E-state index in [9.17, 15) is 9.90 Å². The van der Waals surface area contributed by atoms with E-state index in [1.54, 1.807) is 18.3 Å². The molecule has 0 saturated heterocycles. The van der Waals surface area contributed by atoms with Gasteiger partial charge in [-0.05, 0) is 25.0 Å². The Kier molecular flexibility index (Phi) is 4.19. The zero-order chi connectivity index (χ0) is 10.4. The van der Waals surface area contributed by atoms with Crippen molar-refractivity contribution in [2.45, 2.75) is 25.9 Å². The first-order chi connectivity index (χ1) is 6.74. The summed E-state index contributed by atoms with van der Waals surface area (Å²) in [6.07, 6.45) is 2.70. The zero-order valence-corrected chi connectivity index (χ0v) is 8.29. The van der Waals surface area contributed by atoms with E-state index in [0.717, 1.165) is 6.42 Å². The van der Waals surface area contributed by atoms with Crippen molar-refractivity contribution in [3.63, 3.8) is 0 Å². The molecule has 0 radical (unpaired) electrons. The summed E-state index contributed by atoms with van der Waals surface area (Å²) < 4.78 is 0. The molecule has 1 amide bonds. The van der Waals surface area contributed by atoms with Crippen molar-refractivity contribution >= 4 is 5.91 Å². The van der Waals surface area contributed by atoms with E-state index < -0.39 is 0 Å². The molecule has 4 nitrogen and oxygen atoms in total. The fourth-order valence-corrected chi connectivity index (χ4v) is 1.12. The topological polar surface area (TPSA) is 65.1 Å². The lowest BCUT2D eigenvalue weighted by Gasteiger charge is -2.07. The van der Waals surface area contributed by atoms with Gasteiger partial charge in [-0.15, -0.1) is 0 Å². The molecule has 0 fully saturated rings. The van der Waals surface area contributed by atoms with Crippen LogP contribution in [-0.4, -0.2) is 28.6 Å². The van der Waals surface area contributed by atoms with Crippen molar-refractivity contribution in [3.8, 4) is 0 Å². The van der Waals surface area contributed by atoms with Crippen LogP contribution in [0.3, 0.4) is 0 Å². The van der Waals surface area contributed by atoms with Crippen molar-refractivity contribution in [1.29, 1.82) is 0 Å². The fraction of sp³-hybridized carbons (Fsp3) is 0.500. The van der Waals surface area contributed by atoms with Crippen LogP contribution in [0.15, 0.2) is 18.3 Å². The van der Waals surface area contributed by atoms with Gasteiger partial charge in [-0.25, -0.2) is 0 Å². The maximum Gasteiger partial charge on any atom is 0.267 e. The molecule has 0 aliphatic heterocycles. The summed E-state index contributed by atoms with van der Waals surface area (Å²) >= 11 is 0. The number of rotatable bonds is 5. The SMILES string of the molecule is CCC(O)CCNC(=O)c1ccc[nH]1. The number of carbonyl (C=O) groups excluding carboxylic acids is 1. The predicted octanol–water partition coefficient (Wildman–Crippen LogP) is 0.906. The molecule has 14 heavy (non-hydrogen) atoms. The van der Waals surface area contributed by atoms with Gasteiger partial charge in [0.25, 0.3) is 5.91 Å². The second kappa shape index (κ2) is 5.44. The van der Waals surface area contributed by atoms with Crippen molar-refractivity contribution in [2.24, 2.45) is 0 Å². The van der Waals surface area contributed by atoms with Gasteiger partial charge in [0.15, 0.2) is 0 Å². The average molecular weight is 196 g/mol. The Bertz CT molecular complexity index is 270. The second-order valence-electron chi connectivity index (χ2n) is 3.19. The molecular weight excluding hydrogens is 180 g/mol. The Labute approximate surface area is 83.3 Å². The number of aliphatic hydroxyl groups excluding tert-OH is 1. The van der Waals surface area contributed by atoms with Crippen LogP contribution in [0.2, 0.25) is 0 Å². The van der Waals surface area contributed by atoms with E-state index in [0.29, 0.717) is 18.7 Å². The lowest BCUT2D eigenvalue weighted by atomic mass is 10.2. The molecule has 0 bridgehead atoms. The summed E-state index contributed by atoms with van der Waals surface area (Å²) in [4.78, 5) is 14.2. The molecule has 1 aromatic rings. The van der Waals surface area contributed by atoms with Crippen LogP contribution in [0.4, 0.5) is 0 Å². The van der Waals surface area contributed by atoms with Crippen LogP contribution >= 0.6 is 0 Å². The molecule has 0 spiro atoms. The highest BCUT2D eigenvalue weighted by molar-refractivity contribution is 5.92. The lowest BCUT2D eigenvalue weighted by molar-refractivity contribution is 0.0937. The van der Waals surface area contributed by atoms with Crippen LogP contribution in [-0.2, 0) is 0 Å². The fourth-order valence-electron chi connectivity index (χ4n) is 1.12. The highest BCUT2D eigenvalue weighted by atomic mass is 16.3. The predicted molar refractivity (Wildman–Crippen MR) is 54.0 cm³/mol. The normalized spacial score (nSPS) is 12.4. The van der Waals surface area contributed by atoms with Gasteiger partial charge in [0.2, 0.25) is 0 Å². The number of hydrogen-bond acceptors (Lipinski definition) is 2. The number of hydrogen-bond donors (Lipinski definition) is 3. The van der Waals surface area contributed by atoms with Gasteiger partial charge in [0.05, 0.1) is 6.10 Å². The van der Waals surface area contributed by atoms with E-state index in [2.05, 4.69) is 10.3 Å². The van der Waals surface area contributed by atoms with Gasteiger partial charge in [-0.1, -0.05) is 6.92 Å². The first-order valence-corrected chi connectivity index (χ1v) is 4.83. The van der Waals surface area contributed by atoms with E-state index >= 15 is 0 Å². The maximum absolute atomic E-state index is 11.4. The number of nitrogens with one attached hydrogen (secondary N) is 2. The largest absolute Gasteiger partial charge is 0.393 e. The van der Waals surface area contributed by atoms with Gasteiger partial charge in [0.1, 0.15) is 5.69 Å². The molecule has 3 N–H and O–H groups in total. The molecule has 1 rings (SSSR count). The van der Waals surface area contributed by atoms with Gasteiger partial charge < -0.3 is 15.4 Å². The number of H-pyrrole nitrogens is 1. The van der Waals surface area contributed by atoms with Crippen LogP contribution in [0.5, 0.6) is 0 Å². The molecule has 0 aliphatic rings. The van der Waals surface area contributed by atoms with Gasteiger partial charge in [0, 0.05) is 12.7 Å². The Morgan fingerprint density at radius 2 is 2.50 bits per heavy atom. The number of aromatic nitrogens is 1. The molecule has 1 atom stereocenters. The molecule has 1 unspecified atom stereocenters.